The first-order valence-electron chi connectivity index (χ1n) is 11.9. The van der Waals surface area contributed by atoms with E-state index in [9.17, 15) is 4.79 Å². The van der Waals surface area contributed by atoms with Crippen molar-refractivity contribution >= 4 is 17.6 Å². The van der Waals surface area contributed by atoms with Crippen LogP contribution in [0.4, 0.5) is 5.69 Å². The molecule has 4 rings (SSSR count). The number of nitrogens with one attached hydrogen (secondary N) is 2. The van der Waals surface area contributed by atoms with Crippen LogP contribution in [0.15, 0.2) is 29.3 Å². The number of ether oxygens (including phenoxy) is 2. The maximum Gasteiger partial charge on any atom is 0.227 e. The highest BCUT2D eigenvalue weighted by atomic mass is 16.5. The van der Waals surface area contributed by atoms with Gasteiger partial charge >= 0.3 is 0 Å². The number of nitrogens with zero attached hydrogens (tertiary/aromatic N) is 2. The molecule has 1 aliphatic carbocycles. The standard InChI is InChI=1S/C24H36N4O3/c1-2-25-24(28-12-14-31-22(17-28)21-11-6-13-30-21)26-16-18-7-5-10-20(15-18)27-23(29)19-8-3-4-9-19/h5,7,10,15,19,21-22H,2-4,6,8-9,11-14,16-17H2,1H3,(H,25,26)(H,27,29). The molecule has 1 aromatic rings. The maximum absolute atomic E-state index is 12.4. The summed E-state index contributed by atoms with van der Waals surface area (Å²) in [6, 6.07) is 8.05. The van der Waals surface area contributed by atoms with Crippen LogP contribution in [0.5, 0.6) is 0 Å². The van der Waals surface area contributed by atoms with E-state index in [2.05, 4.69) is 28.5 Å². The third-order valence-corrected chi connectivity index (χ3v) is 6.44. The van der Waals surface area contributed by atoms with Crippen molar-refractivity contribution in [3.05, 3.63) is 29.8 Å². The molecule has 2 heterocycles. The van der Waals surface area contributed by atoms with Crippen LogP contribution in [0.2, 0.25) is 0 Å². The minimum Gasteiger partial charge on any atom is -0.375 e. The third kappa shape index (κ3) is 5.98. The van der Waals surface area contributed by atoms with E-state index in [-0.39, 0.29) is 24.0 Å². The summed E-state index contributed by atoms with van der Waals surface area (Å²) >= 11 is 0. The highest BCUT2D eigenvalue weighted by molar-refractivity contribution is 5.92. The van der Waals surface area contributed by atoms with Crippen molar-refractivity contribution in [1.82, 2.24) is 10.2 Å². The van der Waals surface area contributed by atoms with Crippen LogP contribution in [-0.2, 0) is 20.8 Å². The Morgan fingerprint density at radius 1 is 1.13 bits per heavy atom. The largest absolute Gasteiger partial charge is 0.375 e. The van der Waals surface area contributed by atoms with Crippen molar-refractivity contribution in [3.63, 3.8) is 0 Å². The first kappa shape index (κ1) is 22.1. The summed E-state index contributed by atoms with van der Waals surface area (Å²) in [5.74, 6) is 1.23. The molecule has 1 saturated carbocycles. The van der Waals surface area contributed by atoms with Gasteiger partial charge in [0.25, 0.3) is 0 Å². The molecule has 2 unspecified atom stereocenters. The van der Waals surface area contributed by atoms with Gasteiger partial charge < -0.3 is 25.0 Å². The summed E-state index contributed by atoms with van der Waals surface area (Å²) in [4.78, 5) is 19.6. The molecule has 0 aromatic heterocycles. The molecule has 2 saturated heterocycles. The summed E-state index contributed by atoms with van der Waals surface area (Å²) in [7, 11) is 0. The zero-order valence-electron chi connectivity index (χ0n) is 18.6. The molecule has 2 N–H and O–H groups in total. The fourth-order valence-electron chi connectivity index (χ4n) is 4.76. The predicted octanol–water partition coefficient (Wildman–Crippen LogP) is 3.16. The van der Waals surface area contributed by atoms with E-state index in [4.69, 9.17) is 14.5 Å². The lowest BCUT2D eigenvalue weighted by molar-refractivity contribution is -0.119. The van der Waals surface area contributed by atoms with E-state index in [0.29, 0.717) is 13.2 Å². The topological polar surface area (TPSA) is 75.2 Å². The second-order valence-electron chi connectivity index (χ2n) is 8.75. The van der Waals surface area contributed by atoms with E-state index in [1.54, 1.807) is 0 Å². The Morgan fingerprint density at radius 2 is 1.97 bits per heavy atom. The highest BCUT2D eigenvalue weighted by Crippen LogP contribution is 2.26. The van der Waals surface area contributed by atoms with Crippen molar-refractivity contribution in [2.45, 2.75) is 64.2 Å². The molecule has 2 aliphatic heterocycles. The number of rotatable bonds is 6. The van der Waals surface area contributed by atoms with E-state index in [0.717, 1.165) is 82.0 Å². The number of guanidine groups is 1. The Morgan fingerprint density at radius 3 is 2.74 bits per heavy atom. The van der Waals surface area contributed by atoms with Crippen molar-refractivity contribution in [2.75, 3.05) is 38.2 Å². The Bertz CT molecular complexity index is 757. The lowest BCUT2D eigenvalue weighted by atomic mass is 10.1. The van der Waals surface area contributed by atoms with Gasteiger partial charge in [-0.15, -0.1) is 0 Å². The Labute approximate surface area is 185 Å². The Hall–Kier alpha value is -2.12. The van der Waals surface area contributed by atoms with Gasteiger partial charge in [-0.25, -0.2) is 4.99 Å². The number of carbonyl (C=O) groups excluding carboxylic acids is 1. The quantitative estimate of drug-likeness (QED) is 0.538. The zero-order valence-corrected chi connectivity index (χ0v) is 18.6. The fourth-order valence-corrected chi connectivity index (χ4v) is 4.76. The van der Waals surface area contributed by atoms with Crippen molar-refractivity contribution < 1.29 is 14.3 Å². The van der Waals surface area contributed by atoms with Crippen molar-refractivity contribution in [3.8, 4) is 0 Å². The van der Waals surface area contributed by atoms with Crippen molar-refractivity contribution in [2.24, 2.45) is 10.9 Å². The molecule has 1 amide bonds. The van der Waals surface area contributed by atoms with Crippen LogP contribution in [0.25, 0.3) is 0 Å². The number of benzene rings is 1. The summed E-state index contributed by atoms with van der Waals surface area (Å²) in [5.41, 5.74) is 1.95. The fraction of sp³-hybridized carbons (Fsp3) is 0.667. The molecule has 0 radical (unpaired) electrons. The van der Waals surface area contributed by atoms with Crippen LogP contribution in [0.1, 0.15) is 51.0 Å². The van der Waals surface area contributed by atoms with Crippen LogP contribution in [0, 0.1) is 5.92 Å². The number of amides is 1. The SMILES string of the molecule is CCNC(=NCc1cccc(NC(=O)C2CCCC2)c1)N1CCOC(C2CCCO2)C1. The molecule has 7 nitrogen and oxygen atoms in total. The van der Waals surface area contributed by atoms with Crippen LogP contribution < -0.4 is 10.6 Å². The molecular formula is C24H36N4O3. The molecule has 2 atom stereocenters. The summed E-state index contributed by atoms with van der Waals surface area (Å²) in [5, 5.41) is 6.52. The normalized spacial score (nSPS) is 25.1. The molecule has 170 valence electrons. The van der Waals surface area contributed by atoms with Gasteiger partial charge in [-0.05, 0) is 50.3 Å². The van der Waals surface area contributed by atoms with E-state index in [1.165, 1.54) is 0 Å². The van der Waals surface area contributed by atoms with E-state index >= 15 is 0 Å². The number of morpholine rings is 1. The lowest BCUT2D eigenvalue weighted by Gasteiger charge is -2.37. The first-order valence-corrected chi connectivity index (χ1v) is 11.9. The highest BCUT2D eigenvalue weighted by Gasteiger charge is 2.32. The van der Waals surface area contributed by atoms with Crippen LogP contribution in [-0.4, -0.2) is 61.8 Å². The average Bonchev–Trinajstić information content (AvgIpc) is 3.52. The molecule has 3 aliphatic rings. The minimum absolute atomic E-state index is 0.106. The van der Waals surface area contributed by atoms with Gasteiger partial charge in [0.1, 0.15) is 6.10 Å². The molecule has 3 fully saturated rings. The number of hydrogen-bond acceptors (Lipinski definition) is 4. The van der Waals surface area contributed by atoms with Crippen molar-refractivity contribution in [1.29, 1.82) is 0 Å². The molecule has 0 bridgehead atoms. The summed E-state index contributed by atoms with van der Waals surface area (Å²) in [6.07, 6.45) is 6.84. The lowest BCUT2D eigenvalue weighted by Crippen LogP contribution is -2.53. The van der Waals surface area contributed by atoms with Gasteiger partial charge in [0, 0.05) is 37.8 Å². The summed E-state index contributed by atoms with van der Waals surface area (Å²) < 4.78 is 11.8. The van der Waals surface area contributed by atoms with Crippen LogP contribution >= 0.6 is 0 Å². The van der Waals surface area contributed by atoms with Gasteiger partial charge in [0.15, 0.2) is 5.96 Å². The number of anilines is 1. The number of carbonyl (C=O) groups is 1. The third-order valence-electron chi connectivity index (χ3n) is 6.44. The second-order valence-corrected chi connectivity index (χ2v) is 8.75. The average molecular weight is 429 g/mol. The zero-order chi connectivity index (χ0) is 21.5. The van der Waals surface area contributed by atoms with Gasteiger partial charge in [-0.1, -0.05) is 25.0 Å². The van der Waals surface area contributed by atoms with Gasteiger partial charge in [0.2, 0.25) is 5.91 Å². The van der Waals surface area contributed by atoms with E-state index in [1.807, 2.05) is 18.2 Å². The Kier molecular flexibility index (Phi) is 7.81. The van der Waals surface area contributed by atoms with Gasteiger partial charge in [0.05, 0.1) is 19.3 Å². The number of aliphatic imine (C=N–C) groups is 1. The molecule has 0 spiro atoms. The Balaban J connectivity index is 1.38. The minimum atomic E-state index is 0.106. The van der Waals surface area contributed by atoms with Crippen LogP contribution in [0.3, 0.4) is 0 Å². The molecule has 7 heteroatoms. The van der Waals surface area contributed by atoms with Gasteiger partial charge in [-0.3, -0.25) is 4.79 Å². The number of hydrogen-bond donors (Lipinski definition) is 2. The molecule has 31 heavy (non-hydrogen) atoms. The van der Waals surface area contributed by atoms with Gasteiger partial charge in [-0.2, -0.15) is 0 Å². The smallest absolute Gasteiger partial charge is 0.227 e. The summed E-state index contributed by atoms with van der Waals surface area (Å²) in [6.45, 7) is 6.63. The molecular weight excluding hydrogens is 392 g/mol. The predicted molar refractivity (Wildman–Crippen MR) is 122 cm³/mol. The van der Waals surface area contributed by atoms with E-state index < -0.39 is 0 Å². The maximum atomic E-state index is 12.4. The first-order chi connectivity index (χ1) is 15.2. The molecule has 1 aromatic carbocycles. The second kappa shape index (κ2) is 11.0. The monoisotopic (exact) mass is 428 g/mol.